The first kappa shape index (κ1) is 25.8. The fourth-order valence-corrected chi connectivity index (χ4v) is 2.43. The predicted molar refractivity (Wildman–Crippen MR) is 110 cm³/mol. The van der Waals surface area contributed by atoms with Crippen molar-refractivity contribution < 1.29 is 38.8 Å². The van der Waals surface area contributed by atoms with Gasteiger partial charge in [0.05, 0.1) is 30.2 Å². The molecule has 0 aliphatic rings. The highest BCUT2D eigenvalue weighted by Gasteiger charge is 2.23. The average Bonchev–Trinajstić information content (AvgIpc) is 2.77. The van der Waals surface area contributed by atoms with Gasteiger partial charge < -0.3 is 14.6 Å². The second-order valence-corrected chi connectivity index (χ2v) is 6.24. The molecule has 2 aromatic carbocycles. The molecule has 1 N–H and O–H groups in total. The van der Waals surface area contributed by atoms with E-state index in [-0.39, 0.29) is 28.2 Å². The van der Waals surface area contributed by atoms with Gasteiger partial charge in [0, 0.05) is 17.7 Å². The largest absolute Gasteiger partial charge is 0.465 e. The van der Waals surface area contributed by atoms with Gasteiger partial charge in [0.1, 0.15) is 11.1 Å². The van der Waals surface area contributed by atoms with Gasteiger partial charge in [-0.05, 0) is 31.5 Å². The number of carbonyl (C=O) groups is 3. The zero-order valence-corrected chi connectivity index (χ0v) is 17.6. The van der Waals surface area contributed by atoms with Crippen molar-refractivity contribution in [1.82, 2.24) is 0 Å². The lowest BCUT2D eigenvalue weighted by atomic mass is 10.1. The van der Waals surface area contributed by atoms with E-state index >= 15 is 0 Å². The first-order valence-corrected chi connectivity index (χ1v) is 8.86. The first-order valence-electron chi connectivity index (χ1n) is 8.86. The number of benzene rings is 2. The number of nitrogens with zero attached hydrogens (tertiary/aromatic N) is 2. The van der Waals surface area contributed by atoms with Gasteiger partial charge in [0.25, 0.3) is 11.4 Å². The maximum atomic E-state index is 11.2. The van der Waals surface area contributed by atoms with Gasteiger partial charge in [-0.1, -0.05) is 12.1 Å². The van der Waals surface area contributed by atoms with Gasteiger partial charge in [-0.15, -0.1) is 0 Å². The molecule has 0 aromatic heterocycles. The molecule has 0 amide bonds. The van der Waals surface area contributed by atoms with Crippen LogP contribution in [0, 0.1) is 20.2 Å². The fraction of sp³-hybridized carbons (Fsp3) is 0.250. The summed E-state index contributed by atoms with van der Waals surface area (Å²) in [4.78, 5) is 53.5. The number of aliphatic hydroxyl groups is 1. The topological polar surface area (TPSA) is 176 Å². The number of ketones is 1. The SMILES string of the molecule is COC(=O)c1ccc(C(C)=O)cc1[N+](=O)[O-].COC(=O)c1ccc(C(C)O)cc1[N+](=O)[O-]. The van der Waals surface area contributed by atoms with Crippen molar-refractivity contribution in [2.45, 2.75) is 20.0 Å². The van der Waals surface area contributed by atoms with Crippen molar-refractivity contribution in [1.29, 1.82) is 0 Å². The predicted octanol–water partition coefficient (Wildman–Crippen LogP) is 3.02. The normalized spacial score (nSPS) is 10.8. The van der Waals surface area contributed by atoms with Crippen LogP contribution in [-0.2, 0) is 9.47 Å². The van der Waals surface area contributed by atoms with E-state index in [9.17, 15) is 39.7 Å². The monoisotopic (exact) mass is 448 g/mol. The first-order chi connectivity index (χ1) is 14.9. The molecule has 0 radical (unpaired) electrons. The van der Waals surface area contributed by atoms with Crippen LogP contribution in [0.5, 0.6) is 0 Å². The summed E-state index contributed by atoms with van der Waals surface area (Å²) >= 11 is 0. The minimum absolute atomic E-state index is 0.128. The quantitative estimate of drug-likeness (QED) is 0.299. The number of Topliss-reactive ketones (excluding diaryl/α,β-unsaturated/α-hetero) is 1. The molecule has 1 unspecified atom stereocenters. The highest BCUT2D eigenvalue weighted by Crippen LogP contribution is 2.24. The van der Waals surface area contributed by atoms with Crippen LogP contribution < -0.4 is 0 Å². The summed E-state index contributed by atoms with van der Waals surface area (Å²) in [5.74, 6) is -1.88. The van der Waals surface area contributed by atoms with Gasteiger partial charge in [0.15, 0.2) is 5.78 Å². The molecule has 0 saturated heterocycles. The summed E-state index contributed by atoms with van der Waals surface area (Å²) in [6.45, 7) is 2.77. The van der Waals surface area contributed by atoms with Gasteiger partial charge in [-0.25, -0.2) is 9.59 Å². The van der Waals surface area contributed by atoms with E-state index in [2.05, 4.69) is 9.47 Å². The van der Waals surface area contributed by atoms with Crippen molar-refractivity contribution in [3.8, 4) is 0 Å². The molecular formula is C20H20N2O10. The van der Waals surface area contributed by atoms with E-state index in [0.717, 1.165) is 26.4 Å². The lowest BCUT2D eigenvalue weighted by molar-refractivity contribution is -0.385. The number of esters is 2. The Bertz CT molecular complexity index is 1060. The Morgan fingerprint density at radius 2 is 1.31 bits per heavy atom. The summed E-state index contributed by atoms with van der Waals surface area (Å²) < 4.78 is 8.82. The molecule has 2 rings (SSSR count). The van der Waals surface area contributed by atoms with Crippen LogP contribution in [0.1, 0.15) is 56.6 Å². The smallest absolute Gasteiger partial charge is 0.344 e. The number of ether oxygens (including phenoxy) is 2. The van der Waals surface area contributed by atoms with Crippen molar-refractivity contribution in [2.24, 2.45) is 0 Å². The Hall–Kier alpha value is -4.19. The molecule has 0 fully saturated rings. The lowest BCUT2D eigenvalue weighted by Gasteiger charge is -2.06. The molecule has 2 aromatic rings. The number of nitro groups is 2. The third-order valence-corrected chi connectivity index (χ3v) is 4.11. The number of rotatable bonds is 6. The molecule has 12 nitrogen and oxygen atoms in total. The lowest BCUT2D eigenvalue weighted by Crippen LogP contribution is -2.07. The minimum Gasteiger partial charge on any atom is -0.465 e. The number of hydrogen-bond donors (Lipinski definition) is 1. The number of nitro benzene ring substituents is 2. The number of aliphatic hydroxyl groups excluding tert-OH is 1. The summed E-state index contributed by atoms with van der Waals surface area (Å²) in [6, 6.07) is 7.50. The molecule has 0 aliphatic heterocycles. The van der Waals surface area contributed by atoms with Gasteiger partial charge in [0.2, 0.25) is 0 Å². The fourth-order valence-electron chi connectivity index (χ4n) is 2.43. The average molecular weight is 448 g/mol. The van der Waals surface area contributed by atoms with Crippen LogP contribution in [-0.4, -0.2) is 46.9 Å². The van der Waals surface area contributed by atoms with E-state index < -0.39 is 33.6 Å². The van der Waals surface area contributed by atoms with Crippen LogP contribution >= 0.6 is 0 Å². The van der Waals surface area contributed by atoms with E-state index in [4.69, 9.17) is 0 Å². The highest BCUT2D eigenvalue weighted by molar-refractivity contribution is 5.99. The van der Waals surface area contributed by atoms with Crippen LogP contribution in [0.2, 0.25) is 0 Å². The van der Waals surface area contributed by atoms with E-state index in [1.807, 2.05) is 0 Å². The molecule has 32 heavy (non-hydrogen) atoms. The highest BCUT2D eigenvalue weighted by atomic mass is 16.6. The van der Waals surface area contributed by atoms with E-state index in [0.29, 0.717) is 5.56 Å². The molecule has 170 valence electrons. The maximum Gasteiger partial charge on any atom is 0.344 e. The Morgan fingerprint density at radius 3 is 1.69 bits per heavy atom. The Balaban J connectivity index is 0.000000320. The van der Waals surface area contributed by atoms with Crippen LogP contribution in [0.25, 0.3) is 0 Å². The van der Waals surface area contributed by atoms with Gasteiger partial charge in [-0.2, -0.15) is 0 Å². The third-order valence-electron chi connectivity index (χ3n) is 4.11. The summed E-state index contributed by atoms with van der Waals surface area (Å²) in [5.41, 5.74) is -0.544. The molecule has 1 atom stereocenters. The Labute approximate surface area is 181 Å². The molecule has 0 aliphatic carbocycles. The maximum absolute atomic E-state index is 11.2. The second-order valence-electron chi connectivity index (χ2n) is 6.24. The van der Waals surface area contributed by atoms with Crippen LogP contribution in [0.3, 0.4) is 0 Å². The molecule has 0 spiro atoms. The van der Waals surface area contributed by atoms with Crippen LogP contribution in [0.4, 0.5) is 11.4 Å². The van der Waals surface area contributed by atoms with Crippen molar-refractivity contribution in [2.75, 3.05) is 14.2 Å². The van der Waals surface area contributed by atoms with Gasteiger partial charge in [-0.3, -0.25) is 25.0 Å². The third kappa shape index (κ3) is 6.40. The number of methoxy groups -OCH3 is 2. The molecule has 0 heterocycles. The number of carbonyl (C=O) groups excluding carboxylic acids is 3. The zero-order chi connectivity index (χ0) is 24.6. The molecule has 12 heteroatoms. The van der Waals surface area contributed by atoms with Gasteiger partial charge >= 0.3 is 11.9 Å². The zero-order valence-electron chi connectivity index (χ0n) is 17.6. The Kier molecular flexibility index (Phi) is 9.10. The minimum atomic E-state index is -0.828. The second kappa shape index (κ2) is 11.3. The Morgan fingerprint density at radius 1 is 0.875 bits per heavy atom. The summed E-state index contributed by atoms with van der Waals surface area (Å²) in [6.07, 6.45) is -0.828. The van der Waals surface area contributed by atoms with Crippen molar-refractivity contribution in [3.05, 3.63) is 78.9 Å². The van der Waals surface area contributed by atoms with E-state index in [1.165, 1.54) is 38.1 Å². The molecule has 0 bridgehead atoms. The van der Waals surface area contributed by atoms with Crippen LogP contribution in [0.15, 0.2) is 36.4 Å². The number of hydrogen-bond acceptors (Lipinski definition) is 10. The summed E-state index contributed by atoms with van der Waals surface area (Å²) in [7, 11) is 2.28. The molecule has 0 saturated carbocycles. The van der Waals surface area contributed by atoms with E-state index in [1.54, 1.807) is 0 Å². The van der Waals surface area contributed by atoms with Crippen molar-refractivity contribution in [3.63, 3.8) is 0 Å². The standard InChI is InChI=1S/C10H11NO5.C10H9NO5/c2*1-6(12)7-3-4-8(10(13)16-2)9(5-7)11(14)15/h3-6,12H,1-2H3;3-5H,1-2H3. The molecular weight excluding hydrogens is 428 g/mol. The summed E-state index contributed by atoms with van der Waals surface area (Å²) in [5, 5.41) is 30.7. The van der Waals surface area contributed by atoms with Crippen molar-refractivity contribution >= 4 is 29.1 Å².